The molecule has 9 heteroatoms. The summed E-state index contributed by atoms with van der Waals surface area (Å²) >= 11 is 0. The third kappa shape index (κ3) is 5.78. The number of aliphatic hydroxyl groups excluding tert-OH is 1. The van der Waals surface area contributed by atoms with Gasteiger partial charge >= 0.3 is 6.18 Å². The molecule has 2 heterocycles. The van der Waals surface area contributed by atoms with Crippen molar-refractivity contribution < 1.29 is 37.3 Å². The highest BCUT2D eigenvalue weighted by Gasteiger charge is 2.39. The minimum absolute atomic E-state index is 0.0294. The van der Waals surface area contributed by atoms with Crippen LogP contribution in [0.25, 0.3) is 0 Å². The van der Waals surface area contributed by atoms with E-state index in [1.54, 1.807) is 17.9 Å². The topological polar surface area (TPSA) is 68.2 Å². The predicted molar refractivity (Wildman–Crippen MR) is 106 cm³/mol. The van der Waals surface area contributed by atoms with Crippen molar-refractivity contribution in [1.82, 2.24) is 4.90 Å². The molecule has 31 heavy (non-hydrogen) atoms. The molecule has 0 radical (unpaired) electrons. The zero-order chi connectivity index (χ0) is 22.4. The molecule has 2 aliphatic heterocycles. The smallest absolute Gasteiger partial charge is 0.416 e. The Morgan fingerprint density at radius 2 is 1.90 bits per heavy atom. The molecule has 0 spiro atoms. The number of hydrogen-bond donors (Lipinski definition) is 1. The highest BCUT2D eigenvalue weighted by atomic mass is 19.4. The quantitative estimate of drug-likeness (QED) is 0.700. The number of alkyl halides is 3. The van der Waals surface area contributed by atoms with E-state index >= 15 is 0 Å². The molecule has 0 bridgehead atoms. The number of morpholine rings is 1. The second-order valence-electron chi connectivity index (χ2n) is 7.55. The maximum absolute atomic E-state index is 13.0. The lowest BCUT2D eigenvalue weighted by Gasteiger charge is -2.38. The minimum Gasteiger partial charge on any atom is -0.459 e. The molecule has 1 N–H and O–H groups in total. The van der Waals surface area contributed by atoms with Crippen LogP contribution in [0, 0.1) is 5.92 Å². The number of carbonyl (C=O) groups excluding carboxylic acids is 1. The summed E-state index contributed by atoms with van der Waals surface area (Å²) < 4.78 is 56.0. The van der Waals surface area contributed by atoms with Gasteiger partial charge in [0, 0.05) is 38.1 Å². The Bertz CT molecular complexity index is 759. The van der Waals surface area contributed by atoms with Crippen LogP contribution in [0.2, 0.25) is 0 Å². The van der Waals surface area contributed by atoms with Gasteiger partial charge in [0.1, 0.15) is 0 Å². The molecule has 1 aromatic rings. The van der Waals surface area contributed by atoms with Crippen molar-refractivity contribution in [2.24, 2.45) is 5.92 Å². The van der Waals surface area contributed by atoms with E-state index in [1.807, 2.05) is 0 Å². The molecule has 1 amide bonds. The maximum atomic E-state index is 13.0. The molecule has 0 saturated carbocycles. The fourth-order valence-electron chi connectivity index (χ4n) is 3.95. The zero-order valence-corrected chi connectivity index (χ0v) is 17.4. The Kier molecular flexibility index (Phi) is 7.96. The van der Waals surface area contributed by atoms with Crippen molar-refractivity contribution in [2.45, 2.75) is 38.1 Å². The summed E-state index contributed by atoms with van der Waals surface area (Å²) in [7, 11) is 0. The fraction of sp³-hybridized carbons (Fsp3) is 0.591. The van der Waals surface area contributed by atoms with E-state index in [-0.39, 0.29) is 30.1 Å². The fourth-order valence-corrected chi connectivity index (χ4v) is 3.95. The van der Waals surface area contributed by atoms with Crippen LogP contribution in [0.3, 0.4) is 0 Å². The number of rotatable bonds is 7. The molecule has 3 rings (SSSR count). The molecule has 0 unspecified atom stereocenters. The Morgan fingerprint density at radius 1 is 1.23 bits per heavy atom. The first-order valence-electron chi connectivity index (χ1n) is 10.5. The molecular formula is C22H28F3NO5. The first-order chi connectivity index (χ1) is 14.8. The predicted octanol–water partition coefficient (Wildman–Crippen LogP) is 3.31. The standard InChI is InChI=1S/C22H28F3NO5/c1-2-30-21-17(4-3-11-27)18(15-5-7-16(8-6-15)22(23,24)25)14-19(31-21)20(28)26-9-12-29-13-10-26/h5-8,14,17-18,21,27H,2-4,9-13H2,1H3/t17-,18+,21+/m1/s1. The van der Waals surface area contributed by atoms with Crippen LogP contribution in [0.1, 0.15) is 36.8 Å². The number of aliphatic hydroxyl groups is 1. The molecule has 2 aliphatic rings. The molecule has 1 fully saturated rings. The summed E-state index contributed by atoms with van der Waals surface area (Å²) in [6.07, 6.45) is -2.48. The van der Waals surface area contributed by atoms with Crippen LogP contribution in [0.5, 0.6) is 0 Å². The lowest BCUT2D eigenvalue weighted by Crippen LogP contribution is -2.44. The average Bonchev–Trinajstić information content (AvgIpc) is 2.77. The average molecular weight is 443 g/mol. The van der Waals surface area contributed by atoms with Crippen molar-refractivity contribution in [3.63, 3.8) is 0 Å². The number of halogens is 3. The second kappa shape index (κ2) is 10.5. The van der Waals surface area contributed by atoms with Crippen LogP contribution in [0.4, 0.5) is 13.2 Å². The van der Waals surface area contributed by atoms with Crippen molar-refractivity contribution in [1.29, 1.82) is 0 Å². The molecule has 6 nitrogen and oxygen atoms in total. The van der Waals surface area contributed by atoms with Gasteiger partial charge in [0.15, 0.2) is 5.76 Å². The number of ether oxygens (including phenoxy) is 3. The van der Waals surface area contributed by atoms with Gasteiger partial charge in [0.05, 0.1) is 18.8 Å². The Morgan fingerprint density at radius 3 is 2.48 bits per heavy atom. The van der Waals surface area contributed by atoms with Crippen LogP contribution in [-0.2, 0) is 25.2 Å². The highest BCUT2D eigenvalue weighted by Crippen LogP contribution is 2.40. The maximum Gasteiger partial charge on any atom is 0.416 e. The Balaban J connectivity index is 1.95. The van der Waals surface area contributed by atoms with E-state index in [4.69, 9.17) is 14.2 Å². The molecule has 172 valence electrons. The minimum atomic E-state index is -4.42. The van der Waals surface area contributed by atoms with Gasteiger partial charge in [-0.3, -0.25) is 4.79 Å². The van der Waals surface area contributed by atoms with Gasteiger partial charge in [-0.25, -0.2) is 0 Å². The first kappa shape index (κ1) is 23.6. The molecule has 1 saturated heterocycles. The normalized spacial score (nSPS) is 24.5. The molecule has 3 atom stereocenters. The molecule has 1 aromatic carbocycles. The van der Waals surface area contributed by atoms with Gasteiger partial charge in [-0.2, -0.15) is 13.2 Å². The number of carbonyl (C=O) groups is 1. The van der Waals surface area contributed by atoms with E-state index in [0.29, 0.717) is 51.3 Å². The van der Waals surface area contributed by atoms with E-state index < -0.39 is 18.0 Å². The number of amides is 1. The van der Waals surface area contributed by atoms with Crippen molar-refractivity contribution in [3.8, 4) is 0 Å². The van der Waals surface area contributed by atoms with Gasteiger partial charge in [-0.1, -0.05) is 12.1 Å². The number of nitrogens with zero attached hydrogens (tertiary/aromatic N) is 1. The van der Waals surface area contributed by atoms with Crippen LogP contribution >= 0.6 is 0 Å². The summed E-state index contributed by atoms with van der Waals surface area (Å²) in [5.74, 6) is -0.805. The van der Waals surface area contributed by atoms with Crippen molar-refractivity contribution >= 4 is 5.91 Å². The van der Waals surface area contributed by atoms with Crippen molar-refractivity contribution in [3.05, 3.63) is 47.2 Å². The lowest BCUT2D eigenvalue weighted by atomic mass is 9.80. The summed E-state index contributed by atoms with van der Waals surface area (Å²) in [5.41, 5.74) is -0.0959. The summed E-state index contributed by atoms with van der Waals surface area (Å²) in [6, 6.07) is 4.95. The van der Waals surface area contributed by atoms with Crippen molar-refractivity contribution in [2.75, 3.05) is 39.5 Å². The van der Waals surface area contributed by atoms with Gasteiger partial charge in [-0.05, 0) is 43.5 Å². The lowest BCUT2D eigenvalue weighted by molar-refractivity contribution is -0.171. The molecule has 0 aliphatic carbocycles. The van der Waals surface area contributed by atoms with E-state index in [9.17, 15) is 23.1 Å². The number of hydrogen-bond acceptors (Lipinski definition) is 5. The molecule has 0 aromatic heterocycles. The molecular weight excluding hydrogens is 415 g/mol. The van der Waals surface area contributed by atoms with E-state index in [1.165, 1.54) is 12.1 Å². The van der Waals surface area contributed by atoms with E-state index in [0.717, 1.165) is 12.1 Å². The highest BCUT2D eigenvalue weighted by molar-refractivity contribution is 5.92. The third-order valence-corrected chi connectivity index (χ3v) is 5.54. The Labute approximate surface area is 179 Å². The number of allylic oxidation sites excluding steroid dienone is 1. The summed E-state index contributed by atoms with van der Waals surface area (Å²) in [5, 5.41) is 9.31. The number of benzene rings is 1. The Hall–Kier alpha value is -2.10. The monoisotopic (exact) mass is 443 g/mol. The third-order valence-electron chi connectivity index (χ3n) is 5.54. The summed E-state index contributed by atoms with van der Waals surface area (Å²) in [4.78, 5) is 14.7. The largest absolute Gasteiger partial charge is 0.459 e. The van der Waals surface area contributed by atoms with Crippen LogP contribution < -0.4 is 0 Å². The van der Waals surface area contributed by atoms with Gasteiger partial charge < -0.3 is 24.2 Å². The van der Waals surface area contributed by atoms with Crippen LogP contribution in [0.15, 0.2) is 36.1 Å². The second-order valence-corrected chi connectivity index (χ2v) is 7.55. The van der Waals surface area contributed by atoms with E-state index in [2.05, 4.69) is 0 Å². The van der Waals surface area contributed by atoms with Gasteiger partial charge in [0.25, 0.3) is 5.91 Å². The van der Waals surface area contributed by atoms with Crippen LogP contribution in [-0.4, -0.2) is 61.7 Å². The first-order valence-corrected chi connectivity index (χ1v) is 10.5. The zero-order valence-electron chi connectivity index (χ0n) is 17.4. The van der Waals surface area contributed by atoms with Gasteiger partial charge in [-0.15, -0.1) is 0 Å². The SMILES string of the molecule is CCO[C@H]1OC(C(=O)N2CCOCC2)=C[C@@H](c2ccc(C(F)(F)F)cc2)[C@H]1CCCO. The summed E-state index contributed by atoms with van der Waals surface area (Å²) in [6.45, 7) is 3.89. The van der Waals surface area contributed by atoms with Gasteiger partial charge in [0.2, 0.25) is 6.29 Å².